The molecular formula is C20H21NO2. The Labute approximate surface area is 136 Å². The lowest BCUT2D eigenvalue weighted by molar-refractivity contribution is 0.0694. The minimum Gasteiger partial charge on any atom is -0.478 e. The zero-order chi connectivity index (χ0) is 16.1. The van der Waals surface area contributed by atoms with Gasteiger partial charge < -0.3 is 5.11 Å². The molecule has 3 rings (SSSR count). The van der Waals surface area contributed by atoms with Crippen molar-refractivity contribution in [2.24, 2.45) is 4.99 Å². The third-order valence-electron chi connectivity index (χ3n) is 4.47. The molecule has 3 heteroatoms. The molecule has 1 saturated carbocycles. The average Bonchev–Trinajstić information content (AvgIpc) is 2.61. The lowest BCUT2D eigenvalue weighted by Gasteiger charge is -2.23. The lowest BCUT2D eigenvalue weighted by atomic mass is 9.81. The number of hydrogen-bond acceptors (Lipinski definition) is 2. The molecule has 0 bridgehead atoms. The predicted molar refractivity (Wildman–Crippen MR) is 92.9 cm³/mol. The molecule has 0 amide bonds. The van der Waals surface area contributed by atoms with Gasteiger partial charge in [0.1, 0.15) is 0 Å². The summed E-state index contributed by atoms with van der Waals surface area (Å²) in [6.45, 7) is 0. The Morgan fingerprint density at radius 1 is 1.04 bits per heavy atom. The number of carbonyl (C=O) groups is 1. The fourth-order valence-electron chi connectivity index (χ4n) is 3.27. The van der Waals surface area contributed by atoms with Crippen molar-refractivity contribution in [1.82, 2.24) is 0 Å². The minimum absolute atomic E-state index is 0.384. The van der Waals surface area contributed by atoms with Gasteiger partial charge in [0.05, 0.1) is 11.3 Å². The van der Waals surface area contributed by atoms with Crippen molar-refractivity contribution in [3.05, 3.63) is 65.2 Å². The first-order valence-corrected chi connectivity index (χ1v) is 8.20. The Hall–Kier alpha value is -2.42. The van der Waals surface area contributed by atoms with Crippen LogP contribution in [0, 0.1) is 0 Å². The Bertz CT molecular complexity index is 701. The van der Waals surface area contributed by atoms with Crippen LogP contribution in [-0.4, -0.2) is 17.3 Å². The van der Waals surface area contributed by atoms with E-state index in [1.165, 1.54) is 19.3 Å². The van der Waals surface area contributed by atoms with Gasteiger partial charge in [-0.25, -0.2) is 4.79 Å². The van der Waals surface area contributed by atoms with Gasteiger partial charge in [-0.15, -0.1) is 0 Å². The second-order valence-corrected chi connectivity index (χ2v) is 6.08. The van der Waals surface area contributed by atoms with E-state index in [1.807, 2.05) is 42.5 Å². The Balaban J connectivity index is 1.87. The first-order chi connectivity index (χ1) is 11.2. The van der Waals surface area contributed by atoms with Crippen molar-refractivity contribution in [2.75, 3.05) is 0 Å². The molecule has 0 radical (unpaired) electrons. The largest absolute Gasteiger partial charge is 0.478 e. The van der Waals surface area contributed by atoms with Gasteiger partial charge in [-0.3, -0.25) is 4.99 Å². The lowest BCUT2D eigenvalue weighted by Crippen LogP contribution is -2.11. The van der Waals surface area contributed by atoms with Crippen LogP contribution in [0.2, 0.25) is 0 Å². The molecule has 0 atom stereocenters. The third kappa shape index (κ3) is 3.86. The SMILES string of the molecule is O=C(O)c1cc(C=Nc2ccccc2)ccc1C1CCCCC1. The van der Waals surface area contributed by atoms with Gasteiger partial charge >= 0.3 is 5.97 Å². The molecule has 0 aromatic heterocycles. The summed E-state index contributed by atoms with van der Waals surface area (Å²) in [5.74, 6) is -0.463. The zero-order valence-electron chi connectivity index (χ0n) is 13.1. The Kier molecular flexibility index (Phi) is 4.86. The second-order valence-electron chi connectivity index (χ2n) is 6.08. The molecular weight excluding hydrogens is 286 g/mol. The highest BCUT2D eigenvalue weighted by Gasteiger charge is 2.21. The summed E-state index contributed by atoms with van der Waals surface area (Å²) in [4.78, 5) is 16.0. The van der Waals surface area contributed by atoms with Gasteiger partial charge in [0.15, 0.2) is 0 Å². The fraction of sp³-hybridized carbons (Fsp3) is 0.300. The molecule has 1 N–H and O–H groups in total. The van der Waals surface area contributed by atoms with Crippen LogP contribution < -0.4 is 0 Å². The first-order valence-electron chi connectivity index (χ1n) is 8.20. The standard InChI is InChI=1S/C20H21NO2/c22-20(23)19-13-15(14-21-17-9-5-2-6-10-17)11-12-18(19)16-7-3-1-4-8-16/h2,5-6,9-14,16H,1,3-4,7-8H2,(H,22,23). The molecule has 118 valence electrons. The maximum Gasteiger partial charge on any atom is 0.335 e. The van der Waals surface area contributed by atoms with Gasteiger partial charge in [-0.05, 0) is 48.1 Å². The summed E-state index contributed by atoms with van der Waals surface area (Å²) in [5, 5.41) is 9.56. The van der Waals surface area contributed by atoms with Crippen LogP contribution in [0.15, 0.2) is 53.5 Å². The van der Waals surface area contributed by atoms with E-state index in [9.17, 15) is 9.90 Å². The maximum absolute atomic E-state index is 11.6. The Morgan fingerprint density at radius 3 is 2.48 bits per heavy atom. The maximum atomic E-state index is 11.6. The molecule has 23 heavy (non-hydrogen) atoms. The summed E-state index contributed by atoms with van der Waals surface area (Å²) in [7, 11) is 0. The van der Waals surface area contributed by atoms with Crippen molar-refractivity contribution in [1.29, 1.82) is 0 Å². The summed E-state index contributed by atoms with van der Waals surface area (Å²) >= 11 is 0. The van der Waals surface area contributed by atoms with Gasteiger partial charge in [0.25, 0.3) is 0 Å². The number of rotatable bonds is 4. The van der Waals surface area contributed by atoms with E-state index in [2.05, 4.69) is 4.99 Å². The highest BCUT2D eigenvalue weighted by atomic mass is 16.4. The van der Waals surface area contributed by atoms with Gasteiger partial charge in [-0.1, -0.05) is 49.6 Å². The summed E-state index contributed by atoms with van der Waals surface area (Å²) in [6, 6.07) is 15.4. The molecule has 1 aliphatic carbocycles. The molecule has 2 aromatic carbocycles. The molecule has 0 unspecified atom stereocenters. The summed E-state index contributed by atoms with van der Waals surface area (Å²) in [6.07, 6.45) is 7.57. The van der Waals surface area contributed by atoms with Gasteiger partial charge in [0.2, 0.25) is 0 Å². The number of carboxylic acids is 1. The average molecular weight is 307 g/mol. The van der Waals surface area contributed by atoms with Crippen LogP contribution in [0.5, 0.6) is 0 Å². The van der Waals surface area contributed by atoms with Gasteiger partial charge in [-0.2, -0.15) is 0 Å². The van der Waals surface area contributed by atoms with Crippen LogP contribution in [0.3, 0.4) is 0 Å². The van der Waals surface area contributed by atoms with Crippen LogP contribution in [0.25, 0.3) is 0 Å². The first kappa shape index (κ1) is 15.5. The van der Waals surface area contributed by atoms with Crippen LogP contribution >= 0.6 is 0 Å². The topological polar surface area (TPSA) is 49.7 Å². The van der Waals surface area contributed by atoms with Crippen LogP contribution in [0.1, 0.15) is 59.5 Å². The van der Waals surface area contributed by atoms with Crippen molar-refractivity contribution < 1.29 is 9.90 Å². The second kappa shape index (κ2) is 7.23. The van der Waals surface area contributed by atoms with E-state index in [1.54, 1.807) is 12.3 Å². The molecule has 0 saturated heterocycles. The Morgan fingerprint density at radius 2 is 1.78 bits per heavy atom. The van der Waals surface area contributed by atoms with E-state index in [0.29, 0.717) is 11.5 Å². The minimum atomic E-state index is -0.847. The normalized spacial score (nSPS) is 15.8. The molecule has 0 aliphatic heterocycles. The number of para-hydroxylation sites is 1. The van der Waals surface area contributed by atoms with E-state index >= 15 is 0 Å². The molecule has 2 aromatic rings. The van der Waals surface area contributed by atoms with Crippen molar-refractivity contribution in [3.63, 3.8) is 0 Å². The van der Waals surface area contributed by atoms with Crippen LogP contribution in [0.4, 0.5) is 5.69 Å². The van der Waals surface area contributed by atoms with Crippen molar-refractivity contribution in [3.8, 4) is 0 Å². The quantitative estimate of drug-likeness (QED) is 0.791. The molecule has 1 aliphatic rings. The number of aliphatic imine (C=N–C) groups is 1. The van der Waals surface area contributed by atoms with E-state index in [4.69, 9.17) is 0 Å². The van der Waals surface area contributed by atoms with Gasteiger partial charge in [0, 0.05) is 6.21 Å². The highest BCUT2D eigenvalue weighted by molar-refractivity contribution is 5.93. The van der Waals surface area contributed by atoms with Crippen molar-refractivity contribution in [2.45, 2.75) is 38.0 Å². The number of hydrogen-bond donors (Lipinski definition) is 1. The highest BCUT2D eigenvalue weighted by Crippen LogP contribution is 2.34. The number of aromatic carboxylic acids is 1. The monoisotopic (exact) mass is 307 g/mol. The number of nitrogens with zero attached hydrogens (tertiary/aromatic N) is 1. The molecule has 0 heterocycles. The predicted octanol–water partition coefficient (Wildman–Crippen LogP) is 5.18. The smallest absolute Gasteiger partial charge is 0.335 e. The molecule has 3 nitrogen and oxygen atoms in total. The molecule has 1 fully saturated rings. The van der Waals surface area contributed by atoms with E-state index < -0.39 is 5.97 Å². The van der Waals surface area contributed by atoms with E-state index in [-0.39, 0.29) is 0 Å². The van der Waals surface area contributed by atoms with E-state index in [0.717, 1.165) is 29.7 Å². The zero-order valence-corrected chi connectivity index (χ0v) is 13.1. The fourth-order valence-corrected chi connectivity index (χ4v) is 3.27. The number of benzene rings is 2. The van der Waals surface area contributed by atoms with Crippen molar-refractivity contribution >= 4 is 17.9 Å². The van der Waals surface area contributed by atoms with Crippen LogP contribution in [-0.2, 0) is 0 Å². The molecule has 0 spiro atoms. The third-order valence-corrected chi connectivity index (χ3v) is 4.47. The summed E-state index contributed by atoms with van der Waals surface area (Å²) < 4.78 is 0. The summed E-state index contributed by atoms with van der Waals surface area (Å²) in [5.41, 5.74) is 3.09. The number of carboxylic acid groups (broad SMARTS) is 1.